The molecule has 1 aromatic carbocycles. The molecule has 1 amide bonds. The molecule has 1 aromatic rings. The van der Waals surface area contributed by atoms with Crippen molar-refractivity contribution in [3.63, 3.8) is 0 Å². The van der Waals surface area contributed by atoms with Gasteiger partial charge in [0, 0.05) is 17.3 Å². The Morgan fingerprint density at radius 1 is 1.29 bits per heavy atom. The van der Waals surface area contributed by atoms with Gasteiger partial charge in [0.05, 0.1) is 11.7 Å². The Hall–Kier alpha value is -1.07. The van der Waals surface area contributed by atoms with E-state index >= 15 is 0 Å². The van der Waals surface area contributed by atoms with Crippen molar-refractivity contribution in [3.05, 3.63) is 34.9 Å². The summed E-state index contributed by atoms with van der Waals surface area (Å²) in [6.07, 6.45) is 4.46. The molecule has 0 bridgehead atoms. The first kappa shape index (κ1) is 16.3. The summed E-state index contributed by atoms with van der Waals surface area (Å²) in [6, 6.07) is 7.11. The van der Waals surface area contributed by atoms with E-state index in [0.717, 1.165) is 18.4 Å². The molecule has 0 aliphatic heterocycles. The number of halogens is 1. The Morgan fingerprint density at radius 2 is 1.95 bits per heavy atom. The first-order chi connectivity index (χ1) is 9.84. The lowest BCUT2D eigenvalue weighted by atomic mass is 9.94. The van der Waals surface area contributed by atoms with Crippen LogP contribution in [-0.4, -0.2) is 31.9 Å². The van der Waals surface area contributed by atoms with Crippen molar-refractivity contribution in [1.29, 1.82) is 0 Å². The van der Waals surface area contributed by atoms with E-state index in [2.05, 4.69) is 5.32 Å². The Labute approximate surface area is 130 Å². The van der Waals surface area contributed by atoms with Gasteiger partial charge in [-0.2, -0.15) is 0 Å². The molecule has 0 saturated heterocycles. The molecule has 0 aromatic heterocycles. The van der Waals surface area contributed by atoms with Crippen molar-refractivity contribution in [3.8, 4) is 0 Å². The predicted octanol–water partition coefficient (Wildman–Crippen LogP) is 2.35. The molecule has 1 aliphatic carbocycles. The monoisotopic (exact) mass is 329 g/mol. The lowest BCUT2D eigenvalue weighted by molar-refractivity contribution is -0.121. The molecule has 0 unspecified atom stereocenters. The molecule has 2 rings (SSSR count). The van der Waals surface area contributed by atoms with Crippen molar-refractivity contribution >= 4 is 27.3 Å². The fourth-order valence-electron chi connectivity index (χ4n) is 2.73. The smallest absolute Gasteiger partial charge is 0.224 e. The molecule has 2 atom stereocenters. The molecule has 0 spiro atoms. The second kappa shape index (κ2) is 6.79. The number of nitrogens with one attached hydrogen (secondary N) is 1. The van der Waals surface area contributed by atoms with Crippen LogP contribution >= 0.6 is 11.6 Å². The average molecular weight is 330 g/mol. The number of amides is 1. The van der Waals surface area contributed by atoms with E-state index in [4.69, 9.17) is 11.6 Å². The lowest BCUT2D eigenvalue weighted by Gasteiger charge is -2.28. The van der Waals surface area contributed by atoms with Crippen LogP contribution in [-0.2, 0) is 21.1 Å². The number of rotatable bonds is 4. The number of sulfone groups is 1. The van der Waals surface area contributed by atoms with Crippen LogP contribution in [0.4, 0.5) is 0 Å². The first-order valence-electron chi connectivity index (χ1n) is 7.07. The summed E-state index contributed by atoms with van der Waals surface area (Å²) in [4.78, 5) is 12.0. The number of carbonyl (C=O) groups excluding carboxylic acids is 1. The highest BCUT2D eigenvalue weighted by Gasteiger charge is 2.29. The van der Waals surface area contributed by atoms with Crippen molar-refractivity contribution in [1.82, 2.24) is 5.32 Å². The Morgan fingerprint density at radius 3 is 2.57 bits per heavy atom. The Bertz CT molecular complexity index is 598. The van der Waals surface area contributed by atoms with Crippen LogP contribution in [0.25, 0.3) is 0 Å². The summed E-state index contributed by atoms with van der Waals surface area (Å²) >= 11 is 5.81. The van der Waals surface area contributed by atoms with Gasteiger partial charge >= 0.3 is 0 Å². The summed E-state index contributed by atoms with van der Waals surface area (Å²) in [7, 11) is -3.02. The molecule has 1 saturated carbocycles. The van der Waals surface area contributed by atoms with Crippen LogP contribution in [0.2, 0.25) is 5.02 Å². The molecule has 1 aliphatic rings. The summed E-state index contributed by atoms with van der Waals surface area (Å²) in [5, 5.41) is 3.26. The van der Waals surface area contributed by atoms with Crippen molar-refractivity contribution < 1.29 is 13.2 Å². The Kier molecular flexibility index (Phi) is 5.27. The molecular formula is C15H20ClNO3S. The zero-order valence-electron chi connectivity index (χ0n) is 12.0. The minimum absolute atomic E-state index is 0.0433. The SMILES string of the molecule is CS(=O)(=O)[C@H]1CCC[C@@H](NC(=O)Cc2ccc(Cl)cc2)C1. The molecule has 116 valence electrons. The number of hydrogen-bond donors (Lipinski definition) is 1. The minimum atomic E-state index is -3.02. The van der Waals surface area contributed by atoms with Crippen LogP contribution in [0.3, 0.4) is 0 Å². The van der Waals surface area contributed by atoms with E-state index in [1.807, 2.05) is 12.1 Å². The Balaban J connectivity index is 1.89. The van der Waals surface area contributed by atoms with Crippen molar-refractivity contribution in [2.75, 3.05) is 6.26 Å². The van der Waals surface area contributed by atoms with E-state index in [-0.39, 0.29) is 23.6 Å². The maximum absolute atomic E-state index is 12.0. The highest BCUT2D eigenvalue weighted by atomic mass is 35.5. The summed E-state index contributed by atoms with van der Waals surface area (Å²) in [5.74, 6) is -0.0727. The lowest BCUT2D eigenvalue weighted by Crippen LogP contribution is -2.42. The first-order valence-corrected chi connectivity index (χ1v) is 9.40. The molecule has 21 heavy (non-hydrogen) atoms. The van der Waals surface area contributed by atoms with Crippen molar-refractivity contribution in [2.45, 2.75) is 43.4 Å². The summed E-state index contributed by atoms with van der Waals surface area (Å²) < 4.78 is 23.2. The van der Waals surface area contributed by atoms with Gasteiger partial charge in [0.25, 0.3) is 0 Å². The van der Waals surface area contributed by atoms with Crippen LogP contribution in [0.5, 0.6) is 0 Å². The zero-order chi connectivity index (χ0) is 15.5. The highest BCUT2D eigenvalue weighted by molar-refractivity contribution is 7.91. The topological polar surface area (TPSA) is 63.2 Å². The normalized spacial score (nSPS) is 22.8. The molecule has 6 heteroatoms. The van der Waals surface area contributed by atoms with Gasteiger partial charge in [-0.3, -0.25) is 4.79 Å². The summed E-state index contributed by atoms with van der Waals surface area (Å²) in [6.45, 7) is 0. The van der Waals surface area contributed by atoms with Crippen LogP contribution in [0.1, 0.15) is 31.2 Å². The van der Waals surface area contributed by atoms with Gasteiger partial charge in [0.1, 0.15) is 9.84 Å². The minimum Gasteiger partial charge on any atom is -0.353 e. The van der Waals surface area contributed by atoms with Crippen molar-refractivity contribution in [2.24, 2.45) is 0 Å². The van der Waals surface area contributed by atoms with E-state index in [9.17, 15) is 13.2 Å². The van der Waals surface area contributed by atoms with Gasteiger partial charge in [-0.25, -0.2) is 8.42 Å². The zero-order valence-corrected chi connectivity index (χ0v) is 13.6. The third-order valence-corrected chi connectivity index (χ3v) is 5.77. The molecule has 4 nitrogen and oxygen atoms in total. The standard InChI is InChI=1S/C15H20ClNO3S/c1-21(19,20)14-4-2-3-13(10-14)17-15(18)9-11-5-7-12(16)8-6-11/h5-8,13-14H,2-4,9-10H2,1H3,(H,17,18)/t13-,14+/m1/s1. The quantitative estimate of drug-likeness (QED) is 0.922. The van der Waals surface area contributed by atoms with E-state index in [1.54, 1.807) is 12.1 Å². The van der Waals surface area contributed by atoms with Crippen LogP contribution in [0, 0.1) is 0 Å². The van der Waals surface area contributed by atoms with Gasteiger partial charge in [-0.05, 0) is 37.0 Å². The number of benzene rings is 1. The predicted molar refractivity (Wildman–Crippen MR) is 84.2 cm³/mol. The van der Waals surface area contributed by atoms with E-state index < -0.39 is 9.84 Å². The van der Waals surface area contributed by atoms with E-state index in [0.29, 0.717) is 17.9 Å². The fraction of sp³-hybridized carbons (Fsp3) is 0.533. The number of hydrogen-bond acceptors (Lipinski definition) is 3. The highest BCUT2D eigenvalue weighted by Crippen LogP contribution is 2.24. The van der Waals surface area contributed by atoms with Gasteiger partial charge in [0.15, 0.2) is 0 Å². The number of carbonyl (C=O) groups is 1. The van der Waals surface area contributed by atoms with Crippen LogP contribution < -0.4 is 5.32 Å². The van der Waals surface area contributed by atoms with Gasteiger partial charge in [-0.1, -0.05) is 30.2 Å². The fourth-order valence-corrected chi connectivity index (χ4v) is 4.03. The maximum Gasteiger partial charge on any atom is 0.224 e. The molecule has 0 heterocycles. The third-order valence-electron chi connectivity index (χ3n) is 3.87. The molecule has 0 radical (unpaired) electrons. The summed E-state index contributed by atoms with van der Waals surface area (Å²) in [5.41, 5.74) is 0.896. The average Bonchev–Trinajstić information content (AvgIpc) is 2.41. The third kappa shape index (κ3) is 5.00. The van der Waals surface area contributed by atoms with Gasteiger partial charge in [-0.15, -0.1) is 0 Å². The second-order valence-corrected chi connectivity index (χ2v) is 8.45. The largest absolute Gasteiger partial charge is 0.353 e. The molecule has 1 fully saturated rings. The molecule has 1 N–H and O–H groups in total. The van der Waals surface area contributed by atoms with Crippen LogP contribution in [0.15, 0.2) is 24.3 Å². The second-order valence-electron chi connectivity index (χ2n) is 5.69. The van der Waals surface area contributed by atoms with E-state index in [1.165, 1.54) is 6.26 Å². The van der Waals surface area contributed by atoms with Gasteiger partial charge in [0.2, 0.25) is 5.91 Å². The van der Waals surface area contributed by atoms with Gasteiger partial charge < -0.3 is 5.32 Å². The maximum atomic E-state index is 12.0. The molecular weight excluding hydrogens is 310 g/mol.